The van der Waals surface area contributed by atoms with Crippen LogP contribution in [0.25, 0.3) is 5.69 Å². The van der Waals surface area contributed by atoms with Crippen molar-refractivity contribution in [2.75, 3.05) is 29.5 Å². The van der Waals surface area contributed by atoms with Gasteiger partial charge in [0.2, 0.25) is 11.0 Å². The number of nitrogens with one attached hydrogen (secondary N) is 2. The zero-order valence-electron chi connectivity index (χ0n) is 16.9. The van der Waals surface area contributed by atoms with Crippen molar-refractivity contribution in [1.82, 2.24) is 20.0 Å². The first-order valence-electron chi connectivity index (χ1n) is 9.82. The van der Waals surface area contributed by atoms with E-state index in [2.05, 4.69) is 25.9 Å². The van der Waals surface area contributed by atoms with Gasteiger partial charge < -0.3 is 15.4 Å². The molecule has 1 amide bonds. The van der Waals surface area contributed by atoms with Crippen molar-refractivity contribution >= 4 is 40.0 Å². The van der Waals surface area contributed by atoms with Crippen LogP contribution in [0.2, 0.25) is 0 Å². The van der Waals surface area contributed by atoms with Crippen molar-refractivity contribution in [1.29, 1.82) is 0 Å². The normalized spacial score (nSPS) is 16.0. The van der Waals surface area contributed by atoms with Gasteiger partial charge in [0.15, 0.2) is 4.34 Å². The maximum Gasteiger partial charge on any atom is 0.235 e. The zero-order valence-corrected chi connectivity index (χ0v) is 18.6. The Morgan fingerprint density at radius 2 is 2.13 bits per heavy atom. The average Bonchev–Trinajstić information content (AvgIpc) is 3.47. The number of aryl methyl sites for hydroxylation is 2. The van der Waals surface area contributed by atoms with Crippen molar-refractivity contribution in [2.24, 2.45) is 0 Å². The topological polar surface area (TPSA) is 94.0 Å². The third-order valence-electron chi connectivity index (χ3n) is 4.62. The first-order valence-corrected chi connectivity index (χ1v) is 11.6. The van der Waals surface area contributed by atoms with Gasteiger partial charge in [-0.05, 0) is 38.8 Å². The van der Waals surface area contributed by atoms with Crippen molar-refractivity contribution in [3.05, 3.63) is 41.6 Å². The second kappa shape index (κ2) is 9.59. The zero-order chi connectivity index (χ0) is 20.9. The summed E-state index contributed by atoms with van der Waals surface area (Å²) in [6, 6.07) is 9.87. The smallest absolute Gasteiger partial charge is 0.235 e. The van der Waals surface area contributed by atoms with Crippen molar-refractivity contribution in [2.45, 2.75) is 37.1 Å². The first-order chi connectivity index (χ1) is 14.6. The molecule has 1 aliphatic rings. The summed E-state index contributed by atoms with van der Waals surface area (Å²) in [6.45, 7) is 5.51. The van der Waals surface area contributed by atoms with Crippen molar-refractivity contribution in [3.63, 3.8) is 0 Å². The molecule has 0 unspecified atom stereocenters. The summed E-state index contributed by atoms with van der Waals surface area (Å²) < 4.78 is 8.09. The molecule has 0 bridgehead atoms. The van der Waals surface area contributed by atoms with E-state index in [0.29, 0.717) is 5.82 Å². The Balaban J connectivity index is 1.31. The Kier molecular flexibility index (Phi) is 6.66. The van der Waals surface area contributed by atoms with E-state index in [-0.39, 0.29) is 17.8 Å². The second-order valence-electron chi connectivity index (χ2n) is 7.14. The van der Waals surface area contributed by atoms with Crippen LogP contribution in [0.3, 0.4) is 0 Å². The highest BCUT2D eigenvalue weighted by Gasteiger charge is 2.16. The number of hydrogen-bond acceptors (Lipinski definition) is 8. The predicted molar refractivity (Wildman–Crippen MR) is 120 cm³/mol. The summed E-state index contributed by atoms with van der Waals surface area (Å²) in [7, 11) is 0. The van der Waals surface area contributed by atoms with E-state index in [9.17, 15) is 4.79 Å². The molecule has 10 heteroatoms. The number of anilines is 2. The number of ether oxygens (including phenoxy) is 1. The quantitative estimate of drug-likeness (QED) is 0.512. The lowest BCUT2D eigenvalue weighted by Gasteiger charge is -2.09. The van der Waals surface area contributed by atoms with Gasteiger partial charge in [0.05, 0.1) is 23.2 Å². The maximum absolute atomic E-state index is 12.5. The van der Waals surface area contributed by atoms with E-state index >= 15 is 0 Å². The standard InChI is InChI=1S/C20H24N6O2S2/c1-13-5-7-15(8-6-13)26-17(10-14(2)25-26)22-18(27)12-29-20-24-23-19(30-20)21-11-16-4-3-9-28-16/h5-8,10,16H,3-4,9,11-12H2,1-2H3,(H,21,23)(H,22,27)/t16-/m1/s1. The number of benzene rings is 1. The lowest BCUT2D eigenvalue weighted by atomic mass is 10.2. The molecular formula is C20H24N6O2S2. The molecule has 8 nitrogen and oxygen atoms in total. The van der Waals surface area contributed by atoms with Crippen molar-refractivity contribution in [3.8, 4) is 5.69 Å². The molecule has 2 aromatic heterocycles. The number of amides is 1. The van der Waals surface area contributed by atoms with Gasteiger partial charge in [0.1, 0.15) is 5.82 Å². The summed E-state index contributed by atoms with van der Waals surface area (Å²) in [5.74, 6) is 0.786. The fourth-order valence-electron chi connectivity index (χ4n) is 3.12. The highest BCUT2D eigenvalue weighted by Crippen LogP contribution is 2.26. The van der Waals surface area contributed by atoms with E-state index in [1.807, 2.05) is 44.2 Å². The first kappa shape index (κ1) is 20.8. The maximum atomic E-state index is 12.5. The molecule has 0 saturated carbocycles. The Labute approximate surface area is 183 Å². The molecule has 1 saturated heterocycles. The van der Waals surface area contributed by atoms with E-state index in [1.165, 1.54) is 28.7 Å². The molecule has 1 aliphatic heterocycles. The predicted octanol–water partition coefficient (Wildman–Crippen LogP) is 3.66. The fraction of sp³-hybridized carbons (Fsp3) is 0.400. The summed E-state index contributed by atoms with van der Waals surface area (Å²) >= 11 is 2.82. The van der Waals surface area contributed by atoms with E-state index in [1.54, 1.807) is 4.68 Å². The largest absolute Gasteiger partial charge is 0.376 e. The third kappa shape index (κ3) is 5.38. The van der Waals surface area contributed by atoms with E-state index in [0.717, 1.165) is 46.8 Å². The Morgan fingerprint density at radius 1 is 1.30 bits per heavy atom. The van der Waals surface area contributed by atoms with Crippen LogP contribution in [0.15, 0.2) is 34.7 Å². The lowest BCUT2D eigenvalue weighted by Crippen LogP contribution is -2.18. The molecule has 1 fully saturated rings. The van der Waals surface area contributed by atoms with E-state index < -0.39 is 0 Å². The van der Waals surface area contributed by atoms with E-state index in [4.69, 9.17) is 4.74 Å². The minimum absolute atomic E-state index is 0.114. The molecule has 0 aliphatic carbocycles. The molecule has 1 aromatic carbocycles. The summed E-state index contributed by atoms with van der Waals surface area (Å²) in [4.78, 5) is 12.5. The van der Waals surface area contributed by atoms with Gasteiger partial charge in [0, 0.05) is 19.2 Å². The van der Waals surface area contributed by atoms with Crippen LogP contribution in [0, 0.1) is 13.8 Å². The number of carbonyl (C=O) groups is 1. The lowest BCUT2D eigenvalue weighted by molar-refractivity contribution is -0.113. The number of thioether (sulfide) groups is 1. The van der Waals surface area contributed by atoms with Crippen LogP contribution >= 0.6 is 23.1 Å². The minimum atomic E-state index is -0.114. The number of nitrogens with zero attached hydrogens (tertiary/aromatic N) is 4. The summed E-state index contributed by atoms with van der Waals surface area (Å²) in [6.07, 6.45) is 2.44. The van der Waals surface area contributed by atoms with Gasteiger partial charge in [-0.15, -0.1) is 10.2 Å². The third-order valence-corrected chi connectivity index (χ3v) is 6.63. The number of hydrogen-bond donors (Lipinski definition) is 2. The van der Waals surface area contributed by atoms with Crippen LogP contribution in [-0.4, -0.2) is 50.9 Å². The van der Waals surface area contributed by atoms with Gasteiger partial charge >= 0.3 is 0 Å². The van der Waals surface area contributed by atoms with Gasteiger partial charge in [-0.3, -0.25) is 4.79 Å². The number of rotatable bonds is 8. The fourth-order valence-corrected chi connectivity index (χ4v) is 4.68. The Bertz CT molecular complexity index is 995. The molecule has 3 aromatic rings. The van der Waals surface area contributed by atoms with Gasteiger partial charge in [0.25, 0.3) is 0 Å². The van der Waals surface area contributed by atoms with Crippen LogP contribution < -0.4 is 10.6 Å². The molecule has 3 heterocycles. The van der Waals surface area contributed by atoms with Crippen LogP contribution in [0.1, 0.15) is 24.1 Å². The summed E-state index contributed by atoms with van der Waals surface area (Å²) in [5.41, 5.74) is 2.92. The van der Waals surface area contributed by atoms with Crippen LogP contribution in [0.5, 0.6) is 0 Å². The molecular weight excluding hydrogens is 420 g/mol. The van der Waals surface area contributed by atoms with Crippen molar-refractivity contribution < 1.29 is 9.53 Å². The van der Waals surface area contributed by atoms with Gasteiger partial charge in [-0.1, -0.05) is 40.8 Å². The second-order valence-corrected chi connectivity index (χ2v) is 9.34. The van der Waals surface area contributed by atoms with Crippen LogP contribution in [0.4, 0.5) is 10.9 Å². The number of carbonyl (C=O) groups excluding carboxylic acids is 1. The molecule has 2 N–H and O–H groups in total. The van der Waals surface area contributed by atoms with Crippen LogP contribution in [-0.2, 0) is 9.53 Å². The van der Waals surface area contributed by atoms with Gasteiger partial charge in [-0.2, -0.15) is 5.10 Å². The summed E-state index contributed by atoms with van der Waals surface area (Å²) in [5, 5.41) is 19.7. The minimum Gasteiger partial charge on any atom is -0.376 e. The molecule has 30 heavy (non-hydrogen) atoms. The van der Waals surface area contributed by atoms with Gasteiger partial charge in [-0.25, -0.2) is 4.68 Å². The number of aromatic nitrogens is 4. The monoisotopic (exact) mass is 444 g/mol. The molecule has 4 rings (SSSR count). The Hall–Kier alpha value is -2.43. The molecule has 0 spiro atoms. The molecule has 1 atom stereocenters. The Morgan fingerprint density at radius 3 is 2.90 bits per heavy atom. The molecule has 158 valence electrons. The average molecular weight is 445 g/mol. The SMILES string of the molecule is Cc1ccc(-n2nc(C)cc2NC(=O)CSc2nnc(NC[C@H]3CCCO3)s2)cc1. The highest BCUT2D eigenvalue weighted by atomic mass is 32.2. The molecule has 0 radical (unpaired) electrons. The highest BCUT2D eigenvalue weighted by molar-refractivity contribution is 8.01.